The summed E-state index contributed by atoms with van der Waals surface area (Å²) < 4.78 is 4.77. The molecular formula is C15H29N3O2. The van der Waals surface area contributed by atoms with Crippen molar-refractivity contribution >= 4 is 5.97 Å². The fourth-order valence-corrected chi connectivity index (χ4v) is 3.66. The Balaban J connectivity index is 1.82. The van der Waals surface area contributed by atoms with E-state index >= 15 is 0 Å². The van der Waals surface area contributed by atoms with Gasteiger partial charge in [0.15, 0.2) is 0 Å². The number of carbonyl (C=O) groups is 1. The molecule has 0 amide bonds. The van der Waals surface area contributed by atoms with E-state index in [0.29, 0.717) is 6.42 Å². The van der Waals surface area contributed by atoms with Crippen LogP contribution in [-0.4, -0.2) is 67.7 Å². The summed E-state index contributed by atoms with van der Waals surface area (Å²) in [6.07, 6.45) is 4.54. The van der Waals surface area contributed by atoms with Gasteiger partial charge in [0.25, 0.3) is 0 Å². The highest BCUT2D eigenvalue weighted by molar-refractivity contribution is 5.79. The minimum Gasteiger partial charge on any atom is -0.468 e. The van der Waals surface area contributed by atoms with Gasteiger partial charge in [-0.2, -0.15) is 0 Å². The van der Waals surface area contributed by atoms with Crippen molar-refractivity contribution in [2.24, 2.45) is 11.7 Å². The van der Waals surface area contributed by atoms with Crippen molar-refractivity contribution < 1.29 is 9.53 Å². The lowest BCUT2D eigenvalue weighted by molar-refractivity contribution is -0.146. The first-order chi connectivity index (χ1) is 9.44. The molecule has 2 heterocycles. The average molecular weight is 283 g/mol. The number of nitrogens with zero attached hydrogens (tertiary/aromatic N) is 2. The van der Waals surface area contributed by atoms with Gasteiger partial charge in [-0.3, -0.25) is 4.79 Å². The quantitative estimate of drug-likeness (QED) is 0.769. The van der Waals surface area contributed by atoms with Gasteiger partial charge >= 0.3 is 5.97 Å². The van der Waals surface area contributed by atoms with Gasteiger partial charge < -0.3 is 20.3 Å². The summed E-state index contributed by atoms with van der Waals surface area (Å²) in [7, 11) is 3.65. The van der Waals surface area contributed by atoms with E-state index in [0.717, 1.165) is 31.6 Å². The third kappa shape index (κ3) is 3.51. The van der Waals surface area contributed by atoms with Gasteiger partial charge in [0, 0.05) is 19.1 Å². The van der Waals surface area contributed by atoms with Crippen LogP contribution >= 0.6 is 0 Å². The molecule has 0 bridgehead atoms. The molecule has 2 N–H and O–H groups in total. The highest BCUT2D eigenvalue weighted by Gasteiger charge is 2.35. The van der Waals surface area contributed by atoms with E-state index in [1.165, 1.54) is 32.9 Å². The molecule has 2 fully saturated rings. The molecule has 0 aromatic carbocycles. The van der Waals surface area contributed by atoms with Crippen LogP contribution in [0.4, 0.5) is 0 Å². The summed E-state index contributed by atoms with van der Waals surface area (Å²) in [6.45, 7) is 6.15. The molecule has 20 heavy (non-hydrogen) atoms. The molecular weight excluding hydrogens is 254 g/mol. The number of esters is 1. The first-order valence-corrected chi connectivity index (χ1v) is 7.74. The molecule has 3 atom stereocenters. The largest absolute Gasteiger partial charge is 0.468 e. The third-order valence-corrected chi connectivity index (χ3v) is 5.03. The Bertz CT molecular complexity index is 346. The van der Waals surface area contributed by atoms with Gasteiger partial charge in [-0.25, -0.2) is 0 Å². The Morgan fingerprint density at radius 3 is 2.85 bits per heavy atom. The highest BCUT2D eigenvalue weighted by atomic mass is 16.5. The maximum absolute atomic E-state index is 11.6. The summed E-state index contributed by atoms with van der Waals surface area (Å²) >= 11 is 0. The van der Waals surface area contributed by atoms with Gasteiger partial charge in [-0.05, 0) is 58.7 Å². The summed E-state index contributed by atoms with van der Waals surface area (Å²) in [4.78, 5) is 16.6. The number of rotatable bonds is 4. The molecule has 5 nitrogen and oxygen atoms in total. The minimum absolute atomic E-state index is 0.315. The molecule has 2 rings (SSSR count). The average Bonchev–Trinajstić information content (AvgIpc) is 2.44. The molecule has 3 unspecified atom stereocenters. The predicted octanol–water partition coefficient (Wildman–Crippen LogP) is 0.683. The van der Waals surface area contributed by atoms with Crippen LogP contribution in [0.1, 0.15) is 32.6 Å². The van der Waals surface area contributed by atoms with Crippen molar-refractivity contribution in [1.29, 1.82) is 0 Å². The standard InChI is InChI=1S/C15H29N3O2/c1-15(16,14(19)20-3)7-10-18-9-6-13-12(11-18)5-4-8-17(13)2/h12-13H,4-11,16H2,1-3H3. The summed E-state index contributed by atoms with van der Waals surface area (Å²) in [5, 5.41) is 0. The van der Waals surface area contributed by atoms with E-state index in [2.05, 4.69) is 16.8 Å². The van der Waals surface area contributed by atoms with E-state index in [1.807, 2.05) is 0 Å². The number of hydrogen-bond acceptors (Lipinski definition) is 5. The van der Waals surface area contributed by atoms with Crippen LogP contribution in [0.25, 0.3) is 0 Å². The molecule has 2 aliphatic rings. The van der Waals surface area contributed by atoms with E-state index in [9.17, 15) is 4.79 Å². The second kappa shape index (κ2) is 6.41. The van der Waals surface area contributed by atoms with E-state index in [-0.39, 0.29) is 5.97 Å². The zero-order valence-electron chi connectivity index (χ0n) is 13.1. The molecule has 116 valence electrons. The zero-order chi connectivity index (χ0) is 14.8. The molecule has 2 aliphatic heterocycles. The maximum atomic E-state index is 11.6. The van der Waals surface area contributed by atoms with Gasteiger partial charge in [-0.15, -0.1) is 0 Å². The van der Waals surface area contributed by atoms with Crippen molar-refractivity contribution in [1.82, 2.24) is 9.80 Å². The number of fused-ring (bicyclic) bond motifs is 1. The number of hydrogen-bond donors (Lipinski definition) is 1. The number of carbonyl (C=O) groups excluding carboxylic acids is 1. The van der Waals surface area contributed by atoms with Crippen LogP contribution in [-0.2, 0) is 9.53 Å². The van der Waals surface area contributed by atoms with Crippen molar-refractivity contribution in [3.8, 4) is 0 Å². The van der Waals surface area contributed by atoms with E-state index < -0.39 is 5.54 Å². The van der Waals surface area contributed by atoms with E-state index in [4.69, 9.17) is 10.5 Å². The van der Waals surface area contributed by atoms with E-state index in [1.54, 1.807) is 6.92 Å². The smallest absolute Gasteiger partial charge is 0.325 e. The first kappa shape index (κ1) is 15.7. The molecule has 0 aromatic rings. The van der Waals surface area contributed by atoms with Gasteiger partial charge in [0.05, 0.1) is 7.11 Å². The number of likely N-dealkylation sites (tertiary alicyclic amines) is 2. The second-order valence-electron chi connectivity index (χ2n) is 6.70. The van der Waals surface area contributed by atoms with Gasteiger partial charge in [-0.1, -0.05) is 0 Å². The van der Waals surface area contributed by atoms with Crippen molar-refractivity contribution in [2.75, 3.05) is 40.3 Å². The van der Waals surface area contributed by atoms with Crippen LogP contribution in [0.15, 0.2) is 0 Å². The molecule has 5 heteroatoms. The number of methoxy groups -OCH3 is 1. The summed E-state index contributed by atoms with van der Waals surface area (Å²) in [5.41, 5.74) is 5.17. The summed E-state index contributed by atoms with van der Waals surface area (Å²) in [5.74, 6) is 0.467. The Hall–Kier alpha value is -0.650. The first-order valence-electron chi connectivity index (χ1n) is 7.74. The monoisotopic (exact) mass is 283 g/mol. The van der Waals surface area contributed by atoms with Crippen molar-refractivity contribution in [2.45, 2.75) is 44.2 Å². The van der Waals surface area contributed by atoms with Crippen molar-refractivity contribution in [3.63, 3.8) is 0 Å². The number of nitrogens with two attached hydrogens (primary N) is 1. The normalized spacial score (nSPS) is 31.4. The van der Waals surface area contributed by atoms with Crippen molar-refractivity contribution in [3.05, 3.63) is 0 Å². The molecule has 0 saturated carbocycles. The van der Waals surface area contributed by atoms with Crippen LogP contribution in [0.3, 0.4) is 0 Å². The number of piperidine rings is 2. The topological polar surface area (TPSA) is 58.8 Å². The lowest BCUT2D eigenvalue weighted by Gasteiger charge is -2.46. The second-order valence-corrected chi connectivity index (χ2v) is 6.70. The fourth-order valence-electron chi connectivity index (χ4n) is 3.66. The zero-order valence-corrected chi connectivity index (χ0v) is 13.1. The lowest BCUT2D eigenvalue weighted by Crippen LogP contribution is -2.54. The van der Waals surface area contributed by atoms with Crippen LogP contribution < -0.4 is 5.73 Å². The van der Waals surface area contributed by atoms with Crippen LogP contribution in [0.2, 0.25) is 0 Å². The number of ether oxygens (including phenoxy) is 1. The Kier molecular flexibility index (Phi) is 5.04. The van der Waals surface area contributed by atoms with Gasteiger partial charge in [0.1, 0.15) is 5.54 Å². The lowest BCUT2D eigenvalue weighted by atomic mass is 9.84. The highest BCUT2D eigenvalue weighted by Crippen LogP contribution is 2.29. The maximum Gasteiger partial charge on any atom is 0.325 e. The van der Waals surface area contributed by atoms with Crippen LogP contribution in [0.5, 0.6) is 0 Å². The Morgan fingerprint density at radius 1 is 1.40 bits per heavy atom. The fraction of sp³-hybridized carbons (Fsp3) is 0.933. The molecule has 2 saturated heterocycles. The predicted molar refractivity (Wildman–Crippen MR) is 79.4 cm³/mol. The third-order valence-electron chi connectivity index (χ3n) is 5.03. The minimum atomic E-state index is -0.866. The summed E-state index contributed by atoms with van der Waals surface area (Å²) in [6, 6.07) is 0.755. The SMILES string of the molecule is COC(=O)C(C)(N)CCN1CCC2C(CCCN2C)C1. The van der Waals surface area contributed by atoms with Crippen LogP contribution in [0, 0.1) is 5.92 Å². The Morgan fingerprint density at radius 2 is 2.15 bits per heavy atom. The molecule has 0 radical (unpaired) electrons. The Labute approximate surface area is 122 Å². The molecule has 0 aliphatic carbocycles. The van der Waals surface area contributed by atoms with Gasteiger partial charge in [0.2, 0.25) is 0 Å². The molecule has 0 aromatic heterocycles. The molecule has 0 spiro atoms.